The van der Waals surface area contributed by atoms with E-state index in [2.05, 4.69) is 5.32 Å². The molecule has 1 unspecified atom stereocenters. The van der Waals surface area contributed by atoms with Crippen LogP contribution in [0.1, 0.15) is 27.2 Å². The van der Waals surface area contributed by atoms with Crippen LogP contribution in [-0.2, 0) is 0 Å². The van der Waals surface area contributed by atoms with Gasteiger partial charge < -0.3 is 9.87 Å². The van der Waals surface area contributed by atoms with Crippen LogP contribution in [-0.4, -0.2) is 22.1 Å². The fraction of sp³-hybridized carbons (Fsp3) is 1.00. The van der Waals surface area contributed by atoms with E-state index < -0.39 is 5.50 Å². The Labute approximate surface area is 71.8 Å². The summed E-state index contributed by atoms with van der Waals surface area (Å²) in [6.07, 6.45) is 0.346. The largest absolute Gasteiger partial charge is 0.328 e. The van der Waals surface area contributed by atoms with E-state index in [0.29, 0.717) is 13.0 Å². The molecule has 0 fully saturated rings. The molecule has 0 aliphatic heterocycles. The summed E-state index contributed by atoms with van der Waals surface area (Å²) < 4.78 is 20.7. The first-order chi connectivity index (χ1) is 4.95. The van der Waals surface area contributed by atoms with Crippen molar-refractivity contribution in [2.45, 2.75) is 38.2 Å². The molecule has 2 nitrogen and oxygen atoms in total. The van der Waals surface area contributed by atoms with E-state index in [1.54, 1.807) is 0 Å². The van der Waals surface area contributed by atoms with Crippen LogP contribution in [0.15, 0.2) is 0 Å². The first-order valence-electron chi connectivity index (χ1n) is 3.65. The average Bonchev–Trinajstić information content (AvgIpc) is 1.85. The van der Waals surface area contributed by atoms with Crippen LogP contribution in [0.25, 0.3) is 0 Å². The summed E-state index contributed by atoms with van der Waals surface area (Å²) >= 11 is 0.269. The Bertz CT molecular complexity index is 105. The summed E-state index contributed by atoms with van der Waals surface area (Å²) in [6, 6.07) is 0. The van der Waals surface area contributed by atoms with Crippen molar-refractivity contribution in [3.05, 3.63) is 0 Å². The third-order valence-electron chi connectivity index (χ3n) is 1.14. The molecule has 0 heterocycles. The third kappa shape index (κ3) is 8.10. The molecule has 0 saturated heterocycles. The maximum absolute atomic E-state index is 12.4. The molecule has 0 amide bonds. The van der Waals surface area contributed by atoms with E-state index in [1.807, 2.05) is 20.8 Å². The van der Waals surface area contributed by atoms with Crippen LogP contribution in [0.5, 0.6) is 0 Å². The summed E-state index contributed by atoms with van der Waals surface area (Å²) in [7, 11) is 0. The van der Waals surface area contributed by atoms with Gasteiger partial charge in [0.25, 0.3) is 0 Å². The fourth-order valence-electron chi connectivity index (χ4n) is 0.613. The summed E-state index contributed by atoms with van der Waals surface area (Å²) in [5, 5.41) is 3.12. The van der Waals surface area contributed by atoms with E-state index >= 15 is 0 Å². The van der Waals surface area contributed by atoms with Gasteiger partial charge in [-0.2, -0.15) is 0 Å². The van der Waals surface area contributed by atoms with Gasteiger partial charge in [-0.05, 0) is 27.3 Å². The smallest absolute Gasteiger partial charge is 0.172 e. The Kier molecular flexibility index (Phi) is 5.04. The molecule has 1 atom stereocenters. The zero-order valence-electron chi connectivity index (χ0n) is 7.22. The molecule has 0 bridgehead atoms. The first kappa shape index (κ1) is 11.2. The Hall–Kier alpha value is 0.200. The summed E-state index contributed by atoms with van der Waals surface area (Å²) in [5.74, 6) is 0. The summed E-state index contributed by atoms with van der Waals surface area (Å²) in [4.78, 5) is 0. The van der Waals surface area contributed by atoms with Crippen LogP contribution in [0.2, 0.25) is 0 Å². The van der Waals surface area contributed by atoms with Gasteiger partial charge >= 0.3 is 0 Å². The Morgan fingerprint density at radius 3 is 2.45 bits per heavy atom. The molecule has 0 saturated carbocycles. The molecule has 68 valence electrons. The topological polar surface area (TPSA) is 32.3 Å². The van der Waals surface area contributed by atoms with E-state index in [4.69, 9.17) is 4.55 Å². The van der Waals surface area contributed by atoms with Gasteiger partial charge in [-0.3, -0.25) is 0 Å². The first-order valence-corrected chi connectivity index (χ1v) is 4.48. The predicted octanol–water partition coefficient (Wildman–Crippen LogP) is 2.27. The normalized spacial score (nSPS) is 15.0. The van der Waals surface area contributed by atoms with Crippen molar-refractivity contribution in [3.8, 4) is 0 Å². The Morgan fingerprint density at radius 1 is 1.55 bits per heavy atom. The monoisotopic (exact) mass is 181 g/mol. The van der Waals surface area contributed by atoms with Crippen molar-refractivity contribution >= 4 is 12.0 Å². The summed E-state index contributed by atoms with van der Waals surface area (Å²) in [5.41, 5.74) is -1.13. The Balaban J connectivity index is 3.28. The van der Waals surface area contributed by atoms with Crippen molar-refractivity contribution < 1.29 is 8.94 Å². The second-order valence-electron chi connectivity index (χ2n) is 3.48. The molecule has 0 aromatic carbocycles. The summed E-state index contributed by atoms with van der Waals surface area (Å²) in [6.45, 7) is 6.66. The molecule has 4 heteroatoms. The van der Waals surface area contributed by atoms with Crippen LogP contribution < -0.4 is 5.32 Å². The van der Waals surface area contributed by atoms with Gasteiger partial charge in [0.15, 0.2) is 5.50 Å². The zero-order valence-corrected chi connectivity index (χ0v) is 8.04. The highest BCUT2D eigenvalue weighted by molar-refractivity contribution is 7.94. The van der Waals surface area contributed by atoms with E-state index in [0.717, 1.165) is 0 Å². The highest BCUT2D eigenvalue weighted by atomic mass is 32.2. The molecule has 0 aliphatic rings. The predicted molar refractivity (Wildman–Crippen MR) is 47.5 cm³/mol. The Morgan fingerprint density at radius 2 is 2.09 bits per heavy atom. The molecule has 2 N–H and O–H groups in total. The molecular weight excluding hydrogens is 165 g/mol. The van der Waals surface area contributed by atoms with Gasteiger partial charge in [-0.15, -0.1) is 0 Å². The lowest BCUT2D eigenvalue weighted by atomic mass is 10.1. The lowest BCUT2D eigenvalue weighted by Crippen LogP contribution is -2.37. The second-order valence-corrected chi connectivity index (χ2v) is 4.20. The maximum Gasteiger partial charge on any atom is 0.172 e. The van der Waals surface area contributed by atoms with Crippen molar-refractivity contribution in [3.63, 3.8) is 0 Å². The maximum atomic E-state index is 12.4. The number of hydrogen-bond donors (Lipinski definition) is 2. The molecule has 0 aliphatic carbocycles. The number of nitrogens with one attached hydrogen (secondary N) is 1. The van der Waals surface area contributed by atoms with Crippen molar-refractivity contribution in [1.29, 1.82) is 0 Å². The van der Waals surface area contributed by atoms with Crippen LogP contribution in [0, 0.1) is 0 Å². The highest BCUT2D eigenvalue weighted by Crippen LogP contribution is 2.11. The fourth-order valence-corrected chi connectivity index (χ4v) is 0.837. The van der Waals surface area contributed by atoms with Gasteiger partial charge in [0.2, 0.25) is 0 Å². The molecule has 0 aromatic rings. The minimum Gasteiger partial charge on any atom is -0.328 e. The van der Waals surface area contributed by atoms with E-state index in [9.17, 15) is 4.39 Å². The van der Waals surface area contributed by atoms with Gasteiger partial charge in [-0.25, -0.2) is 4.39 Å². The lowest BCUT2D eigenvalue weighted by Gasteiger charge is -2.20. The minimum atomic E-state index is -1.16. The number of rotatable bonds is 4. The van der Waals surface area contributed by atoms with Crippen LogP contribution >= 0.6 is 12.0 Å². The van der Waals surface area contributed by atoms with Crippen LogP contribution in [0.3, 0.4) is 0 Å². The van der Waals surface area contributed by atoms with Crippen molar-refractivity contribution in [2.75, 3.05) is 6.54 Å². The molecule has 0 radical (unpaired) electrons. The molecule has 11 heavy (non-hydrogen) atoms. The minimum absolute atomic E-state index is 0.0276. The SMILES string of the molecule is CC(C)(C)NCCC(F)SO. The van der Waals surface area contributed by atoms with Crippen LogP contribution in [0.4, 0.5) is 4.39 Å². The van der Waals surface area contributed by atoms with E-state index in [1.165, 1.54) is 0 Å². The van der Waals surface area contributed by atoms with Crippen molar-refractivity contribution in [2.24, 2.45) is 0 Å². The lowest BCUT2D eigenvalue weighted by molar-refractivity contribution is 0.366. The quantitative estimate of drug-likeness (QED) is 0.652. The highest BCUT2D eigenvalue weighted by Gasteiger charge is 2.10. The molecule has 0 aromatic heterocycles. The van der Waals surface area contributed by atoms with Crippen molar-refractivity contribution in [1.82, 2.24) is 5.32 Å². The molecule has 0 spiro atoms. The third-order valence-corrected chi connectivity index (χ3v) is 1.61. The van der Waals surface area contributed by atoms with Gasteiger partial charge in [0.1, 0.15) is 0 Å². The average molecular weight is 181 g/mol. The van der Waals surface area contributed by atoms with Gasteiger partial charge in [-0.1, -0.05) is 0 Å². The standard InChI is InChI=1S/C7H16FNOS/c1-7(2,3)9-5-4-6(8)11-10/h6,9-10H,4-5H2,1-3H3. The zero-order chi connectivity index (χ0) is 8.91. The van der Waals surface area contributed by atoms with Gasteiger partial charge in [0, 0.05) is 24.0 Å². The molecular formula is C7H16FNOS. The number of alkyl halides is 1. The van der Waals surface area contributed by atoms with Gasteiger partial charge in [0.05, 0.1) is 0 Å². The second kappa shape index (κ2) is 4.95. The number of hydrogen-bond acceptors (Lipinski definition) is 3. The van der Waals surface area contributed by atoms with E-state index in [-0.39, 0.29) is 17.6 Å². The molecule has 0 rings (SSSR count). The number of halogens is 1.